The number of hydrogen-bond donors (Lipinski definition) is 1. The minimum absolute atomic E-state index is 0.541. The Labute approximate surface area is 217 Å². The van der Waals surface area contributed by atoms with Crippen molar-refractivity contribution in [2.45, 2.75) is 112 Å². The predicted octanol–water partition coefficient (Wildman–Crippen LogP) is 8.50. The van der Waals surface area contributed by atoms with Crippen LogP contribution < -0.4 is 5.32 Å². The second-order valence-electron chi connectivity index (χ2n) is 12.8. The Balaban J connectivity index is 0.00000141. The molecule has 4 aliphatic rings. The van der Waals surface area contributed by atoms with Gasteiger partial charge in [0.15, 0.2) is 0 Å². The summed E-state index contributed by atoms with van der Waals surface area (Å²) in [7, 11) is 0. The van der Waals surface area contributed by atoms with E-state index in [9.17, 15) is 0 Å². The summed E-state index contributed by atoms with van der Waals surface area (Å²) < 4.78 is 5.84. The third kappa shape index (κ3) is 5.26. The molecule has 4 fully saturated rings. The SMILES string of the molecule is CC.CCOCC1CCC2(C)C(CCC3C2CCC2(C)C3CCC2[C@H](C)NCc2ccccc2)C1. The second kappa shape index (κ2) is 11.7. The van der Waals surface area contributed by atoms with Crippen LogP contribution in [-0.2, 0) is 11.3 Å². The first-order valence-electron chi connectivity index (χ1n) is 15.3. The lowest BCUT2D eigenvalue weighted by Gasteiger charge is -2.61. The van der Waals surface area contributed by atoms with Gasteiger partial charge in [0.2, 0.25) is 0 Å². The molecule has 5 rings (SSSR count). The summed E-state index contributed by atoms with van der Waals surface area (Å²) in [6, 6.07) is 11.6. The Morgan fingerprint density at radius 3 is 2.37 bits per heavy atom. The van der Waals surface area contributed by atoms with Crippen molar-refractivity contribution in [3.05, 3.63) is 35.9 Å². The molecular weight excluding hydrogens is 426 g/mol. The highest BCUT2D eigenvalue weighted by Gasteiger charge is 2.60. The van der Waals surface area contributed by atoms with Gasteiger partial charge in [-0.2, -0.15) is 0 Å². The summed E-state index contributed by atoms with van der Waals surface area (Å²) in [6.07, 6.45) is 13.2. The van der Waals surface area contributed by atoms with E-state index in [2.05, 4.69) is 63.3 Å². The van der Waals surface area contributed by atoms with Crippen molar-refractivity contribution < 1.29 is 4.74 Å². The minimum Gasteiger partial charge on any atom is -0.381 e. The molecule has 9 atom stereocenters. The van der Waals surface area contributed by atoms with Crippen molar-refractivity contribution >= 4 is 0 Å². The molecule has 0 amide bonds. The first-order chi connectivity index (χ1) is 17.0. The molecule has 4 saturated carbocycles. The molecule has 0 saturated heterocycles. The monoisotopic (exact) mass is 481 g/mol. The van der Waals surface area contributed by atoms with Crippen LogP contribution in [-0.4, -0.2) is 19.3 Å². The molecule has 4 aliphatic carbocycles. The lowest BCUT2D eigenvalue weighted by Crippen LogP contribution is -2.54. The fraction of sp³-hybridized carbons (Fsp3) is 0.818. The summed E-state index contributed by atoms with van der Waals surface area (Å²) in [6.45, 7) is 16.9. The minimum atomic E-state index is 0.541. The van der Waals surface area contributed by atoms with E-state index in [0.29, 0.717) is 16.9 Å². The van der Waals surface area contributed by atoms with Gasteiger partial charge in [-0.1, -0.05) is 58.0 Å². The van der Waals surface area contributed by atoms with Gasteiger partial charge >= 0.3 is 0 Å². The van der Waals surface area contributed by atoms with E-state index >= 15 is 0 Å². The summed E-state index contributed by atoms with van der Waals surface area (Å²) in [4.78, 5) is 0. The Morgan fingerprint density at radius 1 is 0.914 bits per heavy atom. The zero-order valence-corrected chi connectivity index (χ0v) is 23.8. The van der Waals surface area contributed by atoms with Gasteiger partial charge < -0.3 is 10.1 Å². The van der Waals surface area contributed by atoms with Gasteiger partial charge in [0.25, 0.3) is 0 Å². The van der Waals surface area contributed by atoms with Gasteiger partial charge in [-0.15, -0.1) is 0 Å². The summed E-state index contributed by atoms with van der Waals surface area (Å²) in [5, 5.41) is 3.93. The van der Waals surface area contributed by atoms with Gasteiger partial charge in [0, 0.05) is 25.8 Å². The fourth-order valence-electron chi connectivity index (χ4n) is 9.66. The Kier molecular flexibility index (Phi) is 9.07. The number of benzene rings is 1. The van der Waals surface area contributed by atoms with E-state index in [4.69, 9.17) is 4.74 Å². The van der Waals surface area contributed by atoms with E-state index < -0.39 is 0 Å². The first-order valence-corrected chi connectivity index (χ1v) is 15.3. The molecule has 1 aromatic rings. The van der Waals surface area contributed by atoms with Gasteiger partial charge in [-0.05, 0) is 124 Å². The molecule has 0 aromatic heterocycles. The van der Waals surface area contributed by atoms with Gasteiger partial charge in [-0.3, -0.25) is 0 Å². The molecule has 0 spiro atoms. The quantitative estimate of drug-likeness (QED) is 0.421. The van der Waals surface area contributed by atoms with E-state index in [1.165, 1.54) is 63.4 Å². The maximum atomic E-state index is 5.84. The summed E-state index contributed by atoms with van der Waals surface area (Å²) in [5.74, 6) is 5.53. The van der Waals surface area contributed by atoms with Crippen molar-refractivity contribution in [3.63, 3.8) is 0 Å². The average molecular weight is 482 g/mol. The van der Waals surface area contributed by atoms with Crippen molar-refractivity contribution in [2.75, 3.05) is 13.2 Å². The molecule has 2 heteroatoms. The predicted molar refractivity (Wildman–Crippen MR) is 149 cm³/mol. The van der Waals surface area contributed by atoms with Crippen LogP contribution in [0.5, 0.6) is 0 Å². The van der Waals surface area contributed by atoms with Gasteiger partial charge in [0.1, 0.15) is 0 Å². The number of nitrogens with one attached hydrogen (secondary N) is 1. The van der Waals surface area contributed by atoms with Crippen LogP contribution in [0.2, 0.25) is 0 Å². The smallest absolute Gasteiger partial charge is 0.0494 e. The molecular formula is C33H55NO. The average Bonchev–Trinajstić information content (AvgIpc) is 3.25. The number of rotatable bonds is 7. The van der Waals surface area contributed by atoms with Crippen LogP contribution in [0.3, 0.4) is 0 Å². The highest BCUT2D eigenvalue weighted by atomic mass is 16.5. The Hall–Kier alpha value is -0.860. The number of hydrogen-bond acceptors (Lipinski definition) is 2. The molecule has 1 N–H and O–H groups in total. The molecule has 8 unspecified atom stereocenters. The highest BCUT2D eigenvalue weighted by molar-refractivity contribution is 5.15. The number of fused-ring (bicyclic) bond motifs is 5. The molecule has 198 valence electrons. The molecule has 0 bridgehead atoms. The van der Waals surface area contributed by atoms with Crippen molar-refractivity contribution in [3.8, 4) is 0 Å². The van der Waals surface area contributed by atoms with Crippen LogP contribution in [0.25, 0.3) is 0 Å². The van der Waals surface area contributed by atoms with Crippen molar-refractivity contribution in [1.29, 1.82) is 0 Å². The van der Waals surface area contributed by atoms with E-state index in [-0.39, 0.29) is 0 Å². The molecule has 35 heavy (non-hydrogen) atoms. The van der Waals surface area contributed by atoms with E-state index in [1.54, 1.807) is 0 Å². The first kappa shape index (κ1) is 27.2. The maximum Gasteiger partial charge on any atom is 0.0494 e. The van der Waals surface area contributed by atoms with Crippen LogP contribution >= 0.6 is 0 Å². The normalized spacial score (nSPS) is 41.1. The summed E-state index contributed by atoms with van der Waals surface area (Å²) in [5.41, 5.74) is 2.56. The van der Waals surface area contributed by atoms with Crippen molar-refractivity contribution in [1.82, 2.24) is 5.32 Å². The lowest BCUT2D eigenvalue weighted by atomic mass is 9.44. The third-order valence-electron chi connectivity index (χ3n) is 11.5. The van der Waals surface area contributed by atoms with E-state index in [0.717, 1.165) is 55.3 Å². The van der Waals surface area contributed by atoms with Crippen LogP contribution in [0.1, 0.15) is 105 Å². The van der Waals surface area contributed by atoms with E-state index in [1.807, 2.05) is 13.8 Å². The molecule has 0 aliphatic heterocycles. The van der Waals surface area contributed by atoms with Gasteiger partial charge in [-0.25, -0.2) is 0 Å². The van der Waals surface area contributed by atoms with Gasteiger partial charge in [0.05, 0.1) is 0 Å². The molecule has 0 heterocycles. The standard InChI is InChI=1S/C31H49NO.C2H6/c1-5-33-21-24-15-17-30(3)25(19-24)11-12-26-28-14-13-27(31(28,4)18-16-29(26)30)22(2)32-20-23-9-7-6-8-10-23;1-2/h6-10,22,24-29,32H,5,11-21H2,1-4H3;1-2H3/t22-,24?,25?,26?,27?,28?,29?,30?,31?;/m0./s1. The topological polar surface area (TPSA) is 21.3 Å². The highest BCUT2D eigenvalue weighted by Crippen LogP contribution is 2.68. The second-order valence-corrected chi connectivity index (χ2v) is 12.8. The van der Waals surface area contributed by atoms with Crippen LogP contribution in [0.4, 0.5) is 0 Å². The zero-order chi connectivity index (χ0) is 25.1. The summed E-state index contributed by atoms with van der Waals surface area (Å²) >= 11 is 0. The lowest BCUT2D eigenvalue weighted by molar-refractivity contribution is -0.123. The zero-order valence-electron chi connectivity index (χ0n) is 23.8. The van der Waals surface area contributed by atoms with Crippen LogP contribution in [0, 0.1) is 46.3 Å². The third-order valence-corrected chi connectivity index (χ3v) is 11.5. The molecule has 1 aromatic carbocycles. The fourth-order valence-corrected chi connectivity index (χ4v) is 9.66. The number of ether oxygens (including phenoxy) is 1. The molecule has 2 nitrogen and oxygen atoms in total. The largest absolute Gasteiger partial charge is 0.381 e. The Bertz CT molecular complexity index is 779. The molecule has 0 radical (unpaired) electrons. The van der Waals surface area contributed by atoms with Crippen molar-refractivity contribution in [2.24, 2.45) is 46.3 Å². The van der Waals surface area contributed by atoms with Crippen LogP contribution in [0.15, 0.2) is 30.3 Å². The Morgan fingerprint density at radius 2 is 1.63 bits per heavy atom. The maximum absolute atomic E-state index is 5.84.